The Labute approximate surface area is 79.3 Å². The molecule has 2 unspecified atom stereocenters. The molecule has 0 bridgehead atoms. The van der Waals surface area contributed by atoms with Crippen LogP contribution in [0, 0.1) is 22.7 Å². The number of aliphatic hydroxyl groups is 1. The molecule has 1 aliphatic rings. The Morgan fingerprint density at radius 3 is 2.54 bits per heavy atom. The molecule has 2 atom stereocenters. The molecular formula is C10H17NO2. The Kier molecular flexibility index (Phi) is 3.29. The quantitative estimate of drug-likeness (QED) is 0.715. The minimum Gasteiger partial charge on any atom is -0.391 e. The Bertz CT molecular complexity index is 205. The molecular weight excluding hydrogens is 166 g/mol. The molecule has 0 radical (unpaired) electrons. The van der Waals surface area contributed by atoms with Gasteiger partial charge >= 0.3 is 0 Å². The van der Waals surface area contributed by atoms with E-state index < -0.39 is 11.5 Å². The highest BCUT2D eigenvalue weighted by atomic mass is 16.5. The third kappa shape index (κ3) is 1.84. The smallest absolute Gasteiger partial charge is 0.0835 e. The molecule has 3 heteroatoms. The van der Waals surface area contributed by atoms with Crippen LogP contribution in [-0.2, 0) is 4.74 Å². The number of hydrogen-bond donors (Lipinski definition) is 1. The van der Waals surface area contributed by atoms with E-state index in [0.29, 0.717) is 6.61 Å². The van der Waals surface area contributed by atoms with Crippen molar-refractivity contribution in [3.05, 3.63) is 0 Å². The first kappa shape index (κ1) is 10.5. The van der Waals surface area contributed by atoms with E-state index in [-0.39, 0.29) is 5.92 Å². The molecule has 1 N–H and O–H groups in total. The topological polar surface area (TPSA) is 53.2 Å². The van der Waals surface area contributed by atoms with Crippen LogP contribution >= 0.6 is 0 Å². The van der Waals surface area contributed by atoms with Crippen molar-refractivity contribution in [3.63, 3.8) is 0 Å². The summed E-state index contributed by atoms with van der Waals surface area (Å²) in [5.41, 5.74) is -0.474. The predicted molar refractivity (Wildman–Crippen MR) is 48.9 cm³/mol. The van der Waals surface area contributed by atoms with E-state index in [9.17, 15) is 5.11 Å². The summed E-state index contributed by atoms with van der Waals surface area (Å²) in [5, 5.41) is 18.9. The van der Waals surface area contributed by atoms with Gasteiger partial charge in [-0.2, -0.15) is 5.26 Å². The number of nitriles is 1. The molecule has 1 fully saturated rings. The largest absolute Gasteiger partial charge is 0.391 e. The Balaban J connectivity index is 2.55. The molecule has 0 aromatic carbocycles. The number of ether oxygens (including phenoxy) is 1. The number of rotatable bonds is 4. The van der Waals surface area contributed by atoms with Gasteiger partial charge in [0.1, 0.15) is 0 Å². The maximum absolute atomic E-state index is 9.92. The van der Waals surface area contributed by atoms with Gasteiger partial charge in [0.15, 0.2) is 0 Å². The van der Waals surface area contributed by atoms with Crippen molar-refractivity contribution in [2.75, 3.05) is 13.7 Å². The maximum atomic E-state index is 9.92. The highest BCUT2D eigenvalue weighted by Gasteiger charge is 2.45. The van der Waals surface area contributed by atoms with Crippen molar-refractivity contribution in [1.29, 1.82) is 5.26 Å². The van der Waals surface area contributed by atoms with Gasteiger partial charge in [-0.05, 0) is 12.8 Å². The molecule has 0 amide bonds. The zero-order valence-electron chi connectivity index (χ0n) is 8.29. The van der Waals surface area contributed by atoms with Crippen molar-refractivity contribution in [2.24, 2.45) is 11.3 Å². The fraction of sp³-hybridized carbons (Fsp3) is 0.900. The Hall–Kier alpha value is -0.590. The van der Waals surface area contributed by atoms with E-state index in [2.05, 4.69) is 6.07 Å². The van der Waals surface area contributed by atoms with Crippen LogP contribution in [0.2, 0.25) is 0 Å². The first-order valence-corrected chi connectivity index (χ1v) is 4.74. The lowest BCUT2D eigenvalue weighted by atomic mass is 9.63. The van der Waals surface area contributed by atoms with E-state index in [0.717, 1.165) is 19.3 Å². The molecule has 1 saturated carbocycles. The summed E-state index contributed by atoms with van der Waals surface area (Å²) >= 11 is 0. The van der Waals surface area contributed by atoms with Crippen molar-refractivity contribution in [2.45, 2.75) is 32.3 Å². The van der Waals surface area contributed by atoms with Gasteiger partial charge in [0.05, 0.1) is 24.2 Å². The van der Waals surface area contributed by atoms with Gasteiger partial charge in [0.25, 0.3) is 0 Å². The monoisotopic (exact) mass is 183 g/mol. The van der Waals surface area contributed by atoms with E-state index in [1.807, 2.05) is 6.92 Å². The average Bonchev–Trinajstić information content (AvgIpc) is 2.03. The SMILES string of the molecule is COCC(C)C(O)C1(C#N)CCC1. The molecule has 0 aliphatic heterocycles. The zero-order valence-corrected chi connectivity index (χ0v) is 8.29. The normalized spacial score (nSPS) is 24.2. The minimum atomic E-state index is -0.536. The summed E-state index contributed by atoms with van der Waals surface area (Å²) in [6.45, 7) is 2.44. The first-order chi connectivity index (χ1) is 6.16. The highest BCUT2D eigenvalue weighted by Crippen LogP contribution is 2.45. The molecule has 3 nitrogen and oxygen atoms in total. The van der Waals surface area contributed by atoms with E-state index in [1.165, 1.54) is 0 Å². The minimum absolute atomic E-state index is 0.0462. The second-order valence-electron chi connectivity index (χ2n) is 4.00. The van der Waals surface area contributed by atoms with Crippen molar-refractivity contribution >= 4 is 0 Å². The van der Waals surface area contributed by atoms with Crippen molar-refractivity contribution in [3.8, 4) is 6.07 Å². The first-order valence-electron chi connectivity index (χ1n) is 4.74. The maximum Gasteiger partial charge on any atom is 0.0835 e. The van der Waals surface area contributed by atoms with E-state index in [4.69, 9.17) is 10.00 Å². The molecule has 0 heterocycles. The summed E-state index contributed by atoms with van der Waals surface area (Å²) in [6.07, 6.45) is 2.19. The van der Waals surface area contributed by atoms with Gasteiger partial charge < -0.3 is 9.84 Å². The van der Waals surface area contributed by atoms with Crippen LogP contribution in [0.15, 0.2) is 0 Å². The standard InChI is InChI=1S/C10H17NO2/c1-8(6-13-2)9(12)10(7-11)4-3-5-10/h8-9,12H,3-6H2,1-2H3. The van der Waals surface area contributed by atoms with Crippen molar-refractivity contribution < 1.29 is 9.84 Å². The van der Waals surface area contributed by atoms with E-state index >= 15 is 0 Å². The number of methoxy groups -OCH3 is 1. The van der Waals surface area contributed by atoms with E-state index in [1.54, 1.807) is 7.11 Å². The molecule has 0 aromatic heterocycles. The zero-order chi connectivity index (χ0) is 9.90. The molecule has 0 spiro atoms. The summed E-state index contributed by atoms with van der Waals surface area (Å²) < 4.78 is 4.96. The fourth-order valence-corrected chi connectivity index (χ4v) is 1.93. The van der Waals surface area contributed by atoms with Gasteiger partial charge in [-0.3, -0.25) is 0 Å². The third-order valence-electron chi connectivity index (χ3n) is 3.00. The van der Waals surface area contributed by atoms with Gasteiger partial charge in [0, 0.05) is 13.0 Å². The molecule has 74 valence electrons. The van der Waals surface area contributed by atoms with Gasteiger partial charge in [0.2, 0.25) is 0 Å². The van der Waals surface area contributed by atoms with Crippen molar-refractivity contribution in [1.82, 2.24) is 0 Å². The Morgan fingerprint density at radius 1 is 1.62 bits per heavy atom. The van der Waals surface area contributed by atoms with Crippen LogP contribution in [0.5, 0.6) is 0 Å². The molecule has 1 rings (SSSR count). The number of hydrogen-bond acceptors (Lipinski definition) is 3. The number of nitrogens with zero attached hydrogens (tertiary/aromatic N) is 1. The van der Waals surface area contributed by atoms with Crippen LogP contribution < -0.4 is 0 Å². The van der Waals surface area contributed by atoms with Crippen LogP contribution in [0.4, 0.5) is 0 Å². The lowest BCUT2D eigenvalue weighted by Crippen LogP contribution is -2.44. The lowest BCUT2D eigenvalue weighted by Gasteiger charge is -2.41. The number of aliphatic hydroxyl groups excluding tert-OH is 1. The lowest BCUT2D eigenvalue weighted by molar-refractivity contribution is -0.0454. The van der Waals surface area contributed by atoms with Gasteiger partial charge in [-0.25, -0.2) is 0 Å². The van der Waals surface area contributed by atoms with Gasteiger partial charge in [-0.1, -0.05) is 13.3 Å². The van der Waals surface area contributed by atoms with Crippen LogP contribution in [0.1, 0.15) is 26.2 Å². The van der Waals surface area contributed by atoms with Crippen LogP contribution in [0.3, 0.4) is 0 Å². The van der Waals surface area contributed by atoms with Gasteiger partial charge in [-0.15, -0.1) is 0 Å². The Morgan fingerprint density at radius 2 is 2.23 bits per heavy atom. The fourth-order valence-electron chi connectivity index (χ4n) is 1.93. The molecule has 0 aromatic rings. The second-order valence-corrected chi connectivity index (χ2v) is 4.00. The molecule has 0 saturated heterocycles. The van der Waals surface area contributed by atoms with Crippen LogP contribution in [-0.4, -0.2) is 24.9 Å². The summed E-state index contributed by atoms with van der Waals surface area (Å²) in [7, 11) is 1.61. The summed E-state index contributed by atoms with van der Waals surface area (Å²) in [4.78, 5) is 0. The molecule has 1 aliphatic carbocycles. The van der Waals surface area contributed by atoms with Crippen LogP contribution in [0.25, 0.3) is 0 Å². The average molecular weight is 183 g/mol. The third-order valence-corrected chi connectivity index (χ3v) is 3.00. The second kappa shape index (κ2) is 4.08. The molecule has 13 heavy (non-hydrogen) atoms. The summed E-state index contributed by atoms with van der Waals surface area (Å²) in [5.74, 6) is 0.0462. The predicted octanol–water partition coefficient (Wildman–Crippen LogP) is 1.32. The highest BCUT2D eigenvalue weighted by molar-refractivity contribution is 5.09. The summed E-state index contributed by atoms with van der Waals surface area (Å²) in [6, 6.07) is 2.25.